The van der Waals surface area contributed by atoms with Crippen molar-refractivity contribution < 1.29 is 0 Å². The maximum absolute atomic E-state index is 5.76. The minimum atomic E-state index is 0.249. The van der Waals surface area contributed by atoms with E-state index in [4.69, 9.17) is 10.7 Å². The summed E-state index contributed by atoms with van der Waals surface area (Å²) < 4.78 is 0. The highest BCUT2D eigenvalue weighted by molar-refractivity contribution is 5.79. The van der Waals surface area contributed by atoms with Gasteiger partial charge in [0.25, 0.3) is 0 Å². The zero-order chi connectivity index (χ0) is 13.2. The monoisotopic (exact) mass is 251 g/mol. The molecule has 1 aromatic heterocycles. The van der Waals surface area contributed by atoms with Crippen molar-refractivity contribution in [1.82, 2.24) is 9.97 Å². The van der Waals surface area contributed by atoms with Gasteiger partial charge < -0.3 is 10.7 Å². The van der Waals surface area contributed by atoms with Crippen LogP contribution >= 0.6 is 0 Å². The van der Waals surface area contributed by atoms with Gasteiger partial charge in [-0.15, -0.1) is 0 Å². The fraction of sp³-hybridized carbons (Fsp3) is 0.188. The summed E-state index contributed by atoms with van der Waals surface area (Å²) in [6.45, 7) is 2.68. The summed E-state index contributed by atoms with van der Waals surface area (Å²) in [7, 11) is 0. The Kier molecular flexibility index (Phi) is 3.05. The Bertz CT molecular complexity index is 686. The molecule has 0 radical (unpaired) electrons. The van der Waals surface area contributed by atoms with Gasteiger partial charge in [0.1, 0.15) is 5.82 Å². The molecule has 0 bridgehead atoms. The summed E-state index contributed by atoms with van der Waals surface area (Å²) in [6.07, 6.45) is 0. The van der Waals surface area contributed by atoms with Gasteiger partial charge in [0.2, 0.25) is 0 Å². The van der Waals surface area contributed by atoms with Crippen LogP contribution in [0.5, 0.6) is 0 Å². The predicted molar refractivity (Wildman–Crippen MR) is 77.9 cm³/mol. The van der Waals surface area contributed by atoms with Crippen molar-refractivity contribution >= 4 is 11.0 Å². The van der Waals surface area contributed by atoms with E-state index < -0.39 is 0 Å². The average Bonchev–Trinajstić information content (AvgIpc) is 2.91. The third-order valence-corrected chi connectivity index (χ3v) is 3.54. The average molecular weight is 251 g/mol. The van der Waals surface area contributed by atoms with E-state index in [0.717, 1.165) is 22.4 Å². The van der Waals surface area contributed by atoms with Crippen LogP contribution in [0.25, 0.3) is 11.0 Å². The van der Waals surface area contributed by atoms with E-state index in [9.17, 15) is 0 Å². The zero-order valence-corrected chi connectivity index (χ0v) is 10.9. The highest BCUT2D eigenvalue weighted by Gasteiger charge is 2.13. The van der Waals surface area contributed by atoms with Crippen molar-refractivity contribution in [3.63, 3.8) is 0 Å². The number of hydrogen-bond acceptors (Lipinski definition) is 2. The van der Waals surface area contributed by atoms with Gasteiger partial charge in [0.15, 0.2) is 0 Å². The standard InChI is InChI=1S/C16H17N3/c1-11(12-6-3-2-4-7-12)16-18-14-9-5-8-13(10-17)15(14)19-16/h2-9,11H,10,17H2,1H3,(H,18,19). The van der Waals surface area contributed by atoms with Crippen LogP contribution in [0.15, 0.2) is 48.5 Å². The quantitative estimate of drug-likeness (QED) is 0.751. The summed E-state index contributed by atoms with van der Waals surface area (Å²) >= 11 is 0. The second-order valence-corrected chi connectivity index (χ2v) is 4.77. The number of rotatable bonds is 3. The lowest BCUT2D eigenvalue weighted by molar-refractivity contribution is 0.845. The van der Waals surface area contributed by atoms with E-state index in [1.165, 1.54) is 5.56 Å². The summed E-state index contributed by atoms with van der Waals surface area (Å²) in [5.41, 5.74) is 10.1. The van der Waals surface area contributed by atoms with Gasteiger partial charge in [-0.3, -0.25) is 0 Å². The third-order valence-electron chi connectivity index (χ3n) is 3.54. The van der Waals surface area contributed by atoms with Gasteiger partial charge in [0.05, 0.1) is 11.0 Å². The lowest BCUT2D eigenvalue weighted by Crippen LogP contribution is -1.98. The van der Waals surface area contributed by atoms with Crippen LogP contribution in [0.2, 0.25) is 0 Å². The molecular weight excluding hydrogens is 234 g/mol. The Labute approximate surface area is 112 Å². The fourth-order valence-electron chi connectivity index (χ4n) is 2.38. The maximum Gasteiger partial charge on any atom is 0.114 e. The summed E-state index contributed by atoms with van der Waals surface area (Å²) in [5.74, 6) is 1.24. The molecule has 0 saturated carbocycles. The molecule has 3 nitrogen and oxygen atoms in total. The van der Waals surface area contributed by atoms with Crippen molar-refractivity contribution in [2.75, 3.05) is 0 Å². The van der Waals surface area contributed by atoms with Gasteiger partial charge in [-0.25, -0.2) is 4.98 Å². The molecule has 1 atom stereocenters. The highest BCUT2D eigenvalue weighted by Crippen LogP contribution is 2.25. The summed E-state index contributed by atoms with van der Waals surface area (Å²) in [6, 6.07) is 16.5. The molecule has 1 heterocycles. The molecule has 0 saturated heterocycles. The van der Waals surface area contributed by atoms with Crippen LogP contribution in [0.1, 0.15) is 29.8 Å². The van der Waals surface area contributed by atoms with Crippen LogP contribution < -0.4 is 5.73 Å². The molecule has 1 unspecified atom stereocenters. The minimum Gasteiger partial charge on any atom is -0.341 e. The largest absolute Gasteiger partial charge is 0.341 e. The highest BCUT2D eigenvalue weighted by atomic mass is 14.9. The SMILES string of the molecule is CC(c1ccccc1)c1nc2c(CN)cccc2[nH]1. The van der Waals surface area contributed by atoms with E-state index >= 15 is 0 Å². The van der Waals surface area contributed by atoms with Crippen LogP contribution in [0.3, 0.4) is 0 Å². The summed E-state index contributed by atoms with van der Waals surface area (Å²) in [4.78, 5) is 8.13. The van der Waals surface area contributed by atoms with Crippen molar-refractivity contribution in [2.45, 2.75) is 19.4 Å². The van der Waals surface area contributed by atoms with Crippen LogP contribution in [-0.2, 0) is 6.54 Å². The lowest BCUT2D eigenvalue weighted by atomic mass is 10.0. The smallest absolute Gasteiger partial charge is 0.114 e. The predicted octanol–water partition coefficient (Wildman–Crippen LogP) is 3.17. The lowest BCUT2D eigenvalue weighted by Gasteiger charge is -2.07. The van der Waals surface area contributed by atoms with Gasteiger partial charge in [-0.2, -0.15) is 0 Å². The molecule has 3 rings (SSSR count). The van der Waals surface area contributed by atoms with Crippen LogP contribution in [0.4, 0.5) is 0 Å². The molecule has 0 amide bonds. The molecule has 0 spiro atoms. The van der Waals surface area contributed by atoms with Crippen molar-refractivity contribution in [1.29, 1.82) is 0 Å². The number of para-hydroxylation sites is 1. The van der Waals surface area contributed by atoms with Crippen molar-refractivity contribution in [3.8, 4) is 0 Å². The zero-order valence-electron chi connectivity index (χ0n) is 10.9. The Morgan fingerprint density at radius 2 is 1.89 bits per heavy atom. The number of nitrogens with one attached hydrogen (secondary N) is 1. The topological polar surface area (TPSA) is 54.7 Å². The Morgan fingerprint density at radius 3 is 2.63 bits per heavy atom. The molecule has 0 aliphatic rings. The molecule has 3 aromatic rings. The van der Waals surface area contributed by atoms with Crippen molar-refractivity contribution in [2.24, 2.45) is 5.73 Å². The molecule has 3 heteroatoms. The number of fused-ring (bicyclic) bond motifs is 1. The van der Waals surface area contributed by atoms with Gasteiger partial charge in [-0.1, -0.05) is 49.4 Å². The van der Waals surface area contributed by atoms with Gasteiger partial charge in [0, 0.05) is 12.5 Å². The molecule has 3 N–H and O–H groups in total. The van der Waals surface area contributed by atoms with Crippen LogP contribution in [-0.4, -0.2) is 9.97 Å². The molecule has 0 fully saturated rings. The first-order valence-electron chi connectivity index (χ1n) is 6.52. The number of hydrogen-bond donors (Lipinski definition) is 2. The number of aromatic amines is 1. The molecule has 0 aliphatic heterocycles. The van der Waals surface area contributed by atoms with Gasteiger partial charge in [-0.05, 0) is 17.2 Å². The number of benzene rings is 2. The third kappa shape index (κ3) is 2.13. The van der Waals surface area contributed by atoms with Gasteiger partial charge >= 0.3 is 0 Å². The molecular formula is C16H17N3. The first-order chi connectivity index (χ1) is 9.29. The Balaban J connectivity index is 2.06. The second-order valence-electron chi connectivity index (χ2n) is 4.77. The fourth-order valence-corrected chi connectivity index (χ4v) is 2.38. The number of H-pyrrole nitrogens is 1. The molecule has 96 valence electrons. The maximum atomic E-state index is 5.76. The van der Waals surface area contributed by atoms with E-state index in [-0.39, 0.29) is 5.92 Å². The van der Waals surface area contributed by atoms with E-state index in [1.807, 2.05) is 24.3 Å². The van der Waals surface area contributed by atoms with E-state index in [2.05, 4.69) is 36.2 Å². The van der Waals surface area contributed by atoms with E-state index in [0.29, 0.717) is 6.54 Å². The molecule has 19 heavy (non-hydrogen) atoms. The second kappa shape index (κ2) is 4.86. The Hall–Kier alpha value is -2.13. The first kappa shape index (κ1) is 11.9. The normalized spacial score (nSPS) is 12.7. The van der Waals surface area contributed by atoms with Crippen molar-refractivity contribution in [3.05, 3.63) is 65.5 Å². The molecule has 2 aromatic carbocycles. The van der Waals surface area contributed by atoms with Crippen LogP contribution in [0, 0.1) is 0 Å². The number of aromatic nitrogens is 2. The number of nitrogens with two attached hydrogens (primary N) is 1. The first-order valence-corrected chi connectivity index (χ1v) is 6.52. The van der Waals surface area contributed by atoms with E-state index in [1.54, 1.807) is 0 Å². The minimum absolute atomic E-state index is 0.249. The number of imidazole rings is 1. The Morgan fingerprint density at radius 1 is 1.11 bits per heavy atom. The number of nitrogens with zero attached hydrogens (tertiary/aromatic N) is 1. The summed E-state index contributed by atoms with van der Waals surface area (Å²) in [5, 5.41) is 0. The molecule has 0 aliphatic carbocycles.